The van der Waals surface area contributed by atoms with E-state index in [-0.39, 0.29) is 27.7 Å². The number of halogens is 1. The summed E-state index contributed by atoms with van der Waals surface area (Å²) in [6.45, 7) is -0.316. The van der Waals surface area contributed by atoms with Crippen LogP contribution in [0.1, 0.15) is 15.9 Å². The van der Waals surface area contributed by atoms with Gasteiger partial charge in [0.15, 0.2) is 0 Å². The zero-order valence-corrected chi connectivity index (χ0v) is 21.2. The van der Waals surface area contributed by atoms with Crippen LogP contribution in [0.25, 0.3) is 0 Å². The number of amides is 2. The van der Waals surface area contributed by atoms with Gasteiger partial charge in [0.05, 0.1) is 21.8 Å². The highest BCUT2D eigenvalue weighted by Gasteiger charge is 2.29. The zero-order chi connectivity index (χ0) is 27.0. The van der Waals surface area contributed by atoms with Crippen LogP contribution in [-0.2, 0) is 21.2 Å². The Labute approximate surface area is 221 Å². The molecule has 2 N–H and O–H groups in total. The Bertz CT molecular complexity index is 1510. The van der Waals surface area contributed by atoms with Crippen molar-refractivity contribution in [1.82, 2.24) is 5.32 Å². The van der Waals surface area contributed by atoms with Crippen LogP contribution in [0.3, 0.4) is 0 Å². The predicted octanol–water partition coefficient (Wildman–Crippen LogP) is 4.63. The van der Waals surface area contributed by atoms with Gasteiger partial charge in [0.2, 0.25) is 5.91 Å². The molecule has 0 aliphatic rings. The Morgan fingerprint density at radius 2 is 1.37 bits per heavy atom. The number of para-hydroxylation sites is 2. The average molecular weight is 532 g/mol. The van der Waals surface area contributed by atoms with E-state index in [1.165, 1.54) is 30.3 Å². The zero-order valence-electron chi connectivity index (χ0n) is 20.4. The van der Waals surface area contributed by atoms with Gasteiger partial charge in [-0.2, -0.15) is 0 Å². The van der Waals surface area contributed by atoms with E-state index in [2.05, 4.69) is 10.6 Å². The predicted molar refractivity (Wildman–Crippen MR) is 145 cm³/mol. The van der Waals surface area contributed by atoms with Crippen LogP contribution >= 0.6 is 0 Å². The quantitative estimate of drug-likeness (QED) is 0.312. The smallest absolute Gasteiger partial charge is 0.264 e. The van der Waals surface area contributed by atoms with Gasteiger partial charge in [0.1, 0.15) is 12.4 Å². The van der Waals surface area contributed by atoms with Crippen LogP contribution in [0.2, 0.25) is 0 Å². The lowest BCUT2D eigenvalue weighted by atomic mass is 10.1. The Balaban J connectivity index is 1.52. The molecule has 0 unspecified atom stereocenters. The third-order valence-corrected chi connectivity index (χ3v) is 7.50. The van der Waals surface area contributed by atoms with Crippen LogP contribution in [0.4, 0.5) is 15.8 Å². The number of sulfonamides is 1. The minimum absolute atomic E-state index is 0.0887. The molecular weight excluding hydrogens is 505 g/mol. The number of hydrogen-bond donors (Lipinski definition) is 2. The van der Waals surface area contributed by atoms with Crippen molar-refractivity contribution in [3.63, 3.8) is 0 Å². The van der Waals surface area contributed by atoms with Crippen molar-refractivity contribution in [2.45, 2.75) is 11.3 Å². The highest BCUT2D eigenvalue weighted by molar-refractivity contribution is 7.92. The number of rotatable bonds is 10. The van der Waals surface area contributed by atoms with E-state index in [1.807, 2.05) is 30.3 Å². The second-order valence-electron chi connectivity index (χ2n) is 8.36. The fourth-order valence-electron chi connectivity index (χ4n) is 3.84. The molecule has 0 saturated heterocycles. The van der Waals surface area contributed by atoms with Crippen LogP contribution in [0, 0.1) is 5.82 Å². The molecule has 38 heavy (non-hydrogen) atoms. The molecule has 4 rings (SSSR count). The van der Waals surface area contributed by atoms with E-state index < -0.39 is 28.3 Å². The summed E-state index contributed by atoms with van der Waals surface area (Å²) >= 11 is 0. The van der Waals surface area contributed by atoms with Gasteiger partial charge in [-0.05, 0) is 48.4 Å². The van der Waals surface area contributed by atoms with Crippen molar-refractivity contribution >= 4 is 33.2 Å². The number of carbonyl (C=O) groups is 2. The molecular formula is C29H26FN3O4S. The summed E-state index contributed by atoms with van der Waals surface area (Å²) in [6, 6.07) is 28.9. The first-order valence-corrected chi connectivity index (χ1v) is 13.3. The SMILES string of the molecule is O=C(CN(c1ccccc1F)S(=O)(=O)c1ccccc1)Nc1ccccc1C(=O)NCCc1ccccc1. The maximum absolute atomic E-state index is 14.7. The summed E-state index contributed by atoms with van der Waals surface area (Å²) in [4.78, 5) is 25.9. The molecule has 0 fully saturated rings. The van der Waals surface area contributed by atoms with E-state index in [0.717, 1.165) is 15.9 Å². The molecule has 4 aromatic carbocycles. The van der Waals surface area contributed by atoms with Crippen LogP contribution < -0.4 is 14.9 Å². The minimum Gasteiger partial charge on any atom is -0.352 e. The largest absolute Gasteiger partial charge is 0.352 e. The monoisotopic (exact) mass is 531 g/mol. The average Bonchev–Trinajstić information content (AvgIpc) is 2.93. The number of benzene rings is 4. The van der Waals surface area contributed by atoms with Crippen molar-refractivity contribution in [2.75, 3.05) is 22.7 Å². The normalized spacial score (nSPS) is 11.0. The Hall–Kier alpha value is -4.50. The maximum Gasteiger partial charge on any atom is 0.264 e. The molecule has 2 amide bonds. The van der Waals surface area contributed by atoms with Gasteiger partial charge >= 0.3 is 0 Å². The molecule has 0 aliphatic carbocycles. The van der Waals surface area contributed by atoms with Gasteiger partial charge < -0.3 is 10.6 Å². The number of carbonyl (C=O) groups excluding carboxylic acids is 2. The fourth-order valence-corrected chi connectivity index (χ4v) is 5.29. The number of nitrogens with zero attached hydrogens (tertiary/aromatic N) is 1. The summed E-state index contributed by atoms with van der Waals surface area (Å²) < 4.78 is 42.2. The van der Waals surface area contributed by atoms with Gasteiger partial charge in [-0.1, -0.05) is 72.8 Å². The lowest BCUT2D eigenvalue weighted by Gasteiger charge is -2.24. The third kappa shape index (κ3) is 6.43. The number of nitrogens with one attached hydrogen (secondary N) is 2. The van der Waals surface area contributed by atoms with Gasteiger partial charge in [-0.25, -0.2) is 12.8 Å². The van der Waals surface area contributed by atoms with Gasteiger partial charge in [-0.15, -0.1) is 0 Å². The van der Waals surface area contributed by atoms with Crippen molar-refractivity contribution < 1.29 is 22.4 Å². The molecule has 0 radical (unpaired) electrons. The summed E-state index contributed by atoms with van der Waals surface area (Å²) in [6.07, 6.45) is 0.635. The van der Waals surface area contributed by atoms with Crippen molar-refractivity contribution in [3.8, 4) is 0 Å². The molecule has 7 nitrogen and oxygen atoms in total. The molecule has 0 aliphatic heterocycles. The first kappa shape index (κ1) is 26.6. The Morgan fingerprint density at radius 1 is 0.763 bits per heavy atom. The lowest BCUT2D eigenvalue weighted by Crippen LogP contribution is -2.39. The van der Waals surface area contributed by atoms with E-state index in [0.29, 0.717) is 13.0 Å². The summed E-state index contributed by atoms with van der Waals surface area (Å²) in [7, 11) is -4.28. The van der Waals surface area contributed by atoms with Crippen molar-refractivity contribution in [3.05, 3.63) is 126 Å². The molecule has 0 aromatic heterocycles. The Kier molecular flexibility index (Phi) is 8.50. The Morgan fingerprint density at radius 3 is 2.08 bits per heavy atom. The molecule has 0 heterocycles. The second kappa shape index (κ2) is 12.2. The van der Waals surface area contributed by atoms with Crippen LogP contribution in [0.15, 0.2) is 114 Å². The molecule has 9 heteroatoms. The molecule has 0 atom stereocenters. The first-order chi connectivity index (χ1) is 18.4. The van der Waals surface area contributed by atoms with E-state index >= 15 is 0 Å². The van der Waals surface area contributed by atoms with Gasteiger partial charge in [0.25, 0.3) is 15.9 Å². The molecule has 0 saturated carbocycles. The van der Waals surface area contributed by atoms with Gasteiger partial charge in [-0.3, -0.25) is 13.9 Å². The summed E-state index contributed by atoms with van der Waals surface area (Å²) in [5, 5.41) is 5.45. The fraction of sp³-hybridized carbons (Fsp3) is 0.103. The highest BCUT2D eigenvalue weighted by Crippen LogP contribution is 2.26. The van der Waals surface area contributed by atoms with Crippen LogP contribution in [0.5, 0.6) is 0 Å². The third-order valence-electron chi connectivity index (χ3n) is 5.73. The van der Waals surface area contributed by atoms with E-state index in [1.54, 1.807) is 42.5 Å². The lowest BCUT2D eigenvalue weighted by molar-refractivity contribution is -0.114. The summed E-state index contributed by atoms with van der Waals surface area (Å²) in [5.41, 5.74) is 1.23. The molecule has 4 aromatic rings. The van der Waals surface area contributed by atoms with Crippen LogP contribution in [-0.4, -0.2) is 33.3 Å². The first-order valence-electron chi connectivity index (χ1n) is 11.9. The maximum atomic E-state index is 14.7. The number of hydrogen-bond acceptors (Lipinski definition) is 4. The van der Waals surface area contributed by atoms with Gasteiger partial charge in [0, 0.05) is 6.54 Å². The van der Waals surface area contributed by atoms with Crippen molar-refractivity contribution in [2.24, 2.45) is 0 Å². The summed E-state index contributed by atoms with van der Waals surface area (Å²) in [5.74, 6) is -1.92. The number of anilines is 2. The van der Waals surface area contributed by atoms with E-state index in [9.17, 15) is 22.4 Å². The molecule has 194 valence electrons. The second-order valence-corrected chi connectivity index (χ2v) is 10.2. The standard InChI is InChI=1S/C29H26FN3O4S/c30-25-16-8-10-18-27(25)33(38(36,37)23-13-5-2-6-14-23)21-28(34)32-26-17-9-7-15-24(26)29(35)31-20-19-22-11-3-1-4-12-22/h1-18H,19-21H2,(H,31,35)(H,32,34). The minimum atomic E-state index is -4.28. The molecule has 0 spiro atoms. The van der Waals surface area contributed by atoms with E-state index in [4.69, 9.17) is 0 Å². The topological polar surface area (TPSA) is 95.6 Å². The highest BCUT2D eigenvalue weighted by atomic mass is 32.2. The van der Waals surface area contributed by atoms with Crippen molar-refractivity contribution in [1.29, 1.82) is 0 Å². The molecule has 0 bridgehead atoms.